The summed E-state index contributed by atoms with van der Waals surface area (Å²) in [6.45, 7) is 3.04. The van der Waals surface area contributed by atoms with Crippen LogP contribution >= 0.6 is 11.8 Å². The highest BCUT2D eigenvalue weighted by atomic mass is 32.2. The van der Waals surface area contributed by atoms with Crippen LogP contribution in [0.15, 0.2) is 24.3 Å². The minimum absolute atomic E-state index is 0.327. The fourth-order valence-corrected chi connectivity index (χ4v) is 4.37. The molecule has 108 valence electrons. The molecule has 0 bridgehead atoms. The van der Waals surface area contributed by atoms with Crippen LogP contribution in [0.5, 0.6) is 0 Å². The van der Waals surface area contributed by atoms with Crippen molar-refractivity contribution in [1.82, 2.24) is 15.2 Å². The lowest BCUT2D eigenvalue weighted by atomic mass is 9.95. The molecule has 0 spiro atoms. The molecule has 0 aliphatic carbocycles. The Balaban J connectivity index is 1.89. The van der Waals surface area contributed by atoms with E-state index in [0.717, 1.165) is 13.0 Å². The van der Waals surface area contributed by atoms with Gasteiger partial charge < -0.3 is 0 Å². The SMILES string of the molecule is CCn1nc(CC(NN)C2CCSC2)c2ccccc21. The van der Waals surface area contributed by atoms with Crippen molar-refractivity contribution in [2.45, 2.75) is 32.4 Å². The van der Waals surface area contributed by atoms with Gasteiger partial charge in [-0.2, -0.15) is 16.9 Å². The Morgan fingerprint density at radius 1 is 1.50 bits per heavy atom. The molecule has 4 nitrogen and oxygen atoms in total. The topological polar surface area (TPSA) is 55.9 Å². The predicted octanol–water partition coefficient (Wildman–Crippen LogP) is 2.18. The zero-order valence-corrected chi connectivity index (χ0v) is 12.7. The molecule has 5 heteroatoms. The molecule has 1 aromatic carbocycles. The highest BCUT2D eigenvalue weighted by molar-refractivity contribution is 7.99. The molecule has 1 saturated heterocycles. The fraction of sp³-hybridized carbons (Fsp3) is 0.533. The van der Waals surface area contributed by atoms with Gasteiger partial charge in [0.05, 0.1) is 11.2 Å². The summed E-state index contributed by atoms with van der Waals surface area (Å²) in [6.07, 6.45) is 2.17. The van der Waals surface area contributed by atoms with Crippen molar-refractivity contribution in [3.05, 3.63) is 30.0 Å². The van der Waals surface area contributed by atoms with Crippen molar-refractivity contribution in [1.29, 1.82) is 0 Å². The zero-order valence-electron chi connectivity index (χ0n) is 11.9. The van der Waals surface area contributed by atoms with Crippen LogP contribution in [0.25, 0.3) is 10.9 Å². The van der Waals surface area contributed by atoms with E-state index in [1.54, 1.807) is 0 Å². The summed E-state index contributed by atoms with van der Waals surface area (Å²) < 4.78 is 2.08. The maximum absolute atomic E-state index is 5.79. The number of nitrogens with two attached hydrogens (primary N) is 1. The van der Waals surface area contributed by atoms with Gasteiger partial charge >= 0.3 is 0 Å². The highest BCUT2D eigenvalue weighted by Crippen LogP contribution is 2.28. The molecule has 2 aromatic rings. The molecule has 1 aliphatic heterocycles. The fourth-order valence-electron chi connectivity index (χ4n) is 3.03. The third-order valence-electron chi connectivity index (χ3n) is 4.20. The molecular weight excluding hydrogens is 268 g/mol. The van der Waals surface area contributed by atoms with E-state index in [-0.39, 0.29) is 0 Å². The smallest absolute Gasteiger partial charge is 0.0719 e. The van der Waals surface area contributed by atoms with Crippen LogP contribution < -0.4 is 11.3 Å². The van der Waals surface area contributed by atoms with Crippen LogP contribution in [0.3, 0.4) is 0 Å². The van der Waals surface area contributed by atoms with Crippen LogP contribution in [0.4, 0.5) is 0 Å². The summed E-state index contributed by atoms with van der Waals surface area (Å²) >= 11 is 2.03. The summed E-state index contributed by atoms with van der Waals surface area (Å²) in [6, 6.07) is 8.80. The van der Waals surface area contributed by atoms with Gasteiger partial charge in [0.1, 0.15) is 0 Å². The van der Waals surface area contributed by atoms with Crippen LogP contribution in [0, 0.1) is 5.92 Å². The van der Waals surface area contributed by atoms with Crippen LogP contribution in [0.1, 0.15) is 19.0 Å². The zero-order chi connectivity index (χ0) is 13.9. The van der Waals surface area contributed by atoms with E-state index in [9.17, 15) is 0 Å². The van der Waals surface area contributed by atoms with E-state index >= 15 is 0 Å². The second kappa shape index (κ2) is 6.16. The van der Waals surface area contributed by atoms with Crippen LogP contribution in [-0.2, 0) is 13.0 Å². The van der Waals surface area contributed by atoms with Gasteiger partial charge in [-0.25, -0.2) is 0 Å². The number of thioether (sulfide) groups is 1. The largest absolute Gasteiger partial charge is 0.271 e. The summed E-state index contributed by atoms with van der Waals surface area (Å²) in [5.41, 5.74) is 5.41. The Kier molecular flexibility index (Phi) is 4.29. The average molecular weight is 290 g/mol. The third-order valence-corrected chi connectivity index (χ3v) is 5.38. The first-order valence-corrected chi connectivity index (χ1v) is 8.47. The van der Waals surface area contributed by atoms with Crippen LogP contribution in [-0.4, -0.2) is 27.3 Å². The quantitative estimate of drug-likeness (QED) is 0.654. The van der Waals surface area contributed by atoms with Crippen molar-refractivity contribution in [2.24, 2.45) is 11.8 Å². The Labute approximate surface area is 124 Å². The highest BCUT2D eigenvalue weighted by Gasteiger charge is 2.26. The maximum Gasteiger partial charge on any atom is 0.0719 e. The summed E-state index contributed by atoms with van der Waals surface area (Å²) in [5, 5.41) is 6.05. The maximum atomic E-state index is 5.79. The number of hydrogen-bond donors (Lipinski definition) is 2. The lowest BCUT2D eigenvalue weighted by Gasteiger charge is -2.21. The molecule has 1 fully saturated rings. The van der Waals surface area contributed by atoms with E-state index in [4.69, 9.17) is 10.9 Å². The van der Waals surface area contributed by atoms with Crippen molar-refractivity contribution < 1.29 is 0 Å². The first kappa shape index (κ1) is 13.9. The molecule has 0 radical (unpaired) electrons. The van der Waals surface area contributed by atoms with E-state index in [0.29, 0.717) is 12.0 Å². The number of hydrazine groups is 1. The van der Waals surface area contributed by atoms with E-state index in [1.807, 2.05) is 11.8 Å². The number of rotatable bonds is 5. The number of fused-ring (bicyclic) bond motifs is 1. The van der Waals surface area contributed by atoms with E-state index < -0.39 is 0 Å². The molecule has 0 saturated carbocycles. The number of hydrogen-bond acceptors (Lipinski definition) is 4. The molecule has 1 aromatic heterocycles. The number of nitrogens with one attached hydrogen (secondary N) is 1. The van der Waals surface area contributed by atoms with Gasteiger partial charge in [-0.15, -0.1) is 0 Å². The second-order valence-electron chi connectivity index (χ2n) is 5.38. The van der Waals surface area contributed by atoms with E-state index in [1.165, 1.54) is 34.5 Å². The Morgan fingerprint density at radius 3 is 3.05 bits per heavy atom. The molecule has 20 heavy (non-hydrogen) atoms. The van der Waals surface area contributed by atoms with Gasteiger partial charge in [0, 0.05) is 24.4 Å². The van der Waals surface area contributed by atoms with Crippen molar-refractivity contribution in [3.8, 4) is 0 Å². The number of nitrogens with zero attached hydrogens (tertiary/aromatic N) is 2. The van der Waals surface area contributed by atoms with E-state index in [2.05, 4.69) is 41.3 Å². The summed E-state index contributed by atoms with van der Waals surface area (Å²) in [5.74, 6) is 8.92. The Hall–Kier alpha value is -1.04. The Bertz CT molecular complexity index is 574. The average Bonchev–Trinajstić information content (AvgIpc) is 3.13. The van der Waals surface area contributed by atoms with Gasteiger partial charge in [-0.3, -0.25) is 16.0 Å². The second-order valence-corrected chi connectivity index (χ2v) is 6.53. The minimum atomic E-state index is 0.327. The lowest BCUT2D eigenvalue weighted by molar-refractivity contribution is 0.383. The molecule has 1 aliphatic rings. The first-order chi connectivity index (χ1) is 9.83. The predicted molar refractivity (Wildman–Crippen MR) is 85.7 cm³/mol. The van der Waals surface area contributed by atoms with Crippen molar-refractivity contribution in [3.63, 3.8) is 0 Å². The number of benzene rings is 1. The Morgan fingerprint density at radius 2 is 2.35 bits per heavy atom. The van der Waals surface area contributed by atoms with Gasteiger partial charge in [0.25, 0.3) is 0 Å². The van der Waals surface area contributed by atoms with Gasteiger partial charge in [0.2, 0.25) is 0 Å². The summed E-state index contributed by atoms with van der Waals surface area (Å²) in [4.78, 5) is 0. The van der Waals surface area contributed by atoms with Gasteiger partial charge in [-0.1, -0.05) is 18.2 Å². The van der Waals surface area contributed by atoms with Crippen LogP contribution in [0.2, 0.25) is 0 Å². The molecule has 2 heterocycles. The molecule has 3 rings (SSSR count). The summed E-state index contributed by atoms with van der Waals surface area (Å²) in [7, 11) is 0. The number of aromatic nitrogens is 2. The van der Waals surface area contributed by atoms with Gasteiger partial charge in [-0.05, 0) is 36.8 Å². The lowest BCUT2D eigenvalue weighted by Crippen LogP contribution is -2.42. The minimum Gasteiger partial charge on any atom is -0.271 e. The van der Waals surface area contributed by atoms with Crippen molar-refractivity contribution in [2.75, 3.05) is 11.5 Å². The molecule has 2 unspecified atom stereocenters. The number of para-hydroxylation sites is 1. The van der Waals surface area contributed by atoms with Crippen molar-refractivity contribution >= 4 is 22.7 Å². The normalized spacial score (nSPS) is 20.6. The first-order valence-electron chi connectivity index (χ1n) is 7.31. The molecule has 0 amide bonds. The molecule has 2 atom stereocenters. The monoisotopic (exact) mass is 290 g/mol. The molecule has 3 N–H and O–H groups in total. The number of aryl methyl sites for hydroxylation is 1. The van der Waals surface area contributed by atoms with Gasteiger partial charge in [0.15, 0.2) is 0 Å². The molecular formula is C15H22N4S. The standard InChI is InChI=1S/C15H22N4S/c1-2-19-15-6-4-3-5-12(15)14(18-19)9-13(17-16)11-7-8-20-10-11/h3-6,11,13,17H,2,7-10,16H2,1H3. The third kappa shape index (κ3) is 2.57.